The number of rotatable bonds is 6. The van der Waals surface area contributed by atoms with Crippen LogP contribution in [0.25, 0.3) is 33.3 Å². The molecule has 1 aromatic carbocycles. The van der Waals surface area contributed by atoms with E-state index in [1.165, 1.54) is 30.6 Å². The van der Waals surface area contributed by atoms with Crippen LogP contribution in [0.2, 0.25) is 0 Å². The lowest BCUT2D eigenvalue weighted by molar-refractivity contribution is 0.322. The highest BCUT2D eigenvalue weighted by atomic mass is 32.2. The summed E-state index contributed by atoms with van der Waals surface area (Å²) in [5.41, 5.74) is 3.78. The van der Waals surface area contributed by atoms with E-state index in [1.54, 1.807) is 48.7 Å². The molecule has 0 saturated carbocycles. The van der Waals surface area contributed by atoms with E-state index in [0.29, 0.717) is 33.5 Å². The minimum absolute atomic E-state index is 0.113. The van der Waals surface area contributed by atoms with Crippen LogP contribution in [0.4, 0.5) is 0 Å². The standard InChI is InChI=1S/C25H23N5O5S/c1-15-5-7-17(8-6-15)36(32,33)30-20(11-18-16(13-27-31)9-10-26-24(18)30)19-14-29(2)21-12-22(34-3)25(35-4)28-23(19)21/h5-14,31H,1-4H3/b27-13+. The summed E-state index contributed by atoms with van der Waals surface area (Å²) in [6.45, 7) is 1.89. The van der Waals surface area contributed by atoms with Gasteiger partial charge in [0.05, 0.1) is 36.5 Å². The summed E-state index contributed by atoms with van der Waals surface area (Å²) < 4.78 is 41.9. The summed E-state index contributed by atoms with van der Waals surface area (Å²) >= 11 is 0. The molecular formula is C25H23N5O5S. The van der Waals surface area contributed by atoms with Gasteiger partial charge in [-0.25, -0.2) is 22.4 Å². The van der Waals surface area contributed by atoms with Crippen LogP contribution < -0.4 is 9.47 Å². The van der Waals surface area contributed by atoms with Crippen LogP contribution >= 0.6 is 0 Å². The molecule has 0 atom stereocenters. The minimum Gasteiger partial charge on any atom is -0.491 e. The van der Waals surface area contributed by atoms with E-state index < -0.39 is 10.0 Å². The van der Waals surface area contributed by atoms with Crippen molar-refractivity contribution in [2.24, 2.45) is 12.2 Å². The number of aromatic nitrogens is 4. The number of pyridine rings is 2. The van der Waals surface area contributed by atoms with Crippen molar-refractivity contribution in [1.29, 1.82) is 0 Å². The van der Waals surface area contributed by atoms with Gasteiger partial charge in [-0.15, -0.1) is 0 Å². The number of benzene rings is 1. The quantitative estimate of drug-likeness (QED) is 0.211. The Balaban J connectivity index is 1.90. The number of hydrogen-bond acceptors (Lipinski definition) is 8. The van der Waals surface area contributed by atoms with Crippen molar-refractivity contribution in [3.63, 3.8) is 0 Å². The molecule has 0 aliphatic heterocycles. The molecule has 0 aliphatic rings. The van der Waals surface area contributed by atoms with E-state index in [1.807, 2.05) is 18.5 Å². The van der Waals surface area contributed by atoms with Gasteiger partial charge in [0.25, 0.3) is 15.9 Å². The predicted octanol–water partition coefficient (Wildman–Crippen LogP) is 3.96. The number of methoxy groups -OCH3 is 2. The Morgan fingerprint density at radius 2 is 1.83 bits per heavy atom. The summed E-state index contributed by atoms with van der Waals surface area (Å²) in [6, 6.07) is 11.7. The van der Waals surface area contributed by atoms with Gasteiger partial charge in [0.2, 0.25) is 0 Å². The number of ether oxygens (including phenoxy) is 2. The van der Waals surface area contributed by atoms with E-state index in [9.17, 15) is 13.6 Å². The van der Waals surface area contributed by atoms with E-state index in [-0.39, 0.29) is 16.4 Å². The molecule has 4 aromatic heterocycles. The van der Waals surface area contributed by atoms with Crippen LogP contribution in [-0.2, 0) is 17.1 Å². The van der Waals surface area contributed by atoms with Crippen molar-refractivity contribution in [2.45, 2.75) is 11.8 Å². The van der Waals surface area contributed by atoms with Gasteiger partial charge in [-0.3, -0.25) is 0 Å². The second-order valence-corrected chi connectivity index (χ2v) is 10.0. The van der Waals surface area contributed by atoms with Gasteiger partial charge in [0.15, 0.2) is 11.4 Å². The summed E-state index contributed by atoms with van der Waals surface area (Å²) in [4.78, 5) is 9.14. The highest BCUT2D eigenvalue weighted by Gasteiger charge is 2.28. The van der Waals surface area contributed by atoms with Gasteiger partial charge in [0.1, 0.15) is 5.52 Å². The largest absolute Gasteiger partial charge is 0.491 e. The van der Waals surface area contributed by atoms with Crippen LogP contribution in [0.15, 0.2) is 64.9 Å². The van der Waals surface area contributed by atoms with E-state index in [0.717, 1.165) is 11.1 Å². The summed E-state index contributed by atoms with van der Waals surface area (Å²) in [5.74, 6) is 0.724. The molecular weight excluding hydrogens is 482 g/mol. The minimum atomic E-state index is -4.08. The van der Waals surface area contributed by atoms with Gasteiger partial charge >= 0.3 is 0 Å². The van der Waals surface area contributed by atoms with Crippen molar-refractivity contribution in [2.75, 3.05) is 14.2 Å². The molecule has 184 valence electrons. The van der Waals surface area contributed by atoms with Crippen molar-refractivity contribution >= 4 is 38.3 Å². The van der Waals surface area contributed by atoms with Gasteiger partial charge in [-0.05, 0) is 31.2 Å². The number of nitrogens with zero attached hydrogens (tertiary/aromatic N) is 5. The Morgan fingerprint density at radius 1 is 1.08 bits per heavy atom. The van der Waals surface area contributed by atoms with E-state index in [4.69, 9.17) is 9.47 Å². The zero-order valence-corrected chi connectivity index (χ0v) is 20.8. The highest BCUT2D eigenvalue weighted by Crippen LogP contribution is 2.39. The molecule has 11 heteroatoms. The molecule has 0 saturated heterocycles. The molecule has 0 fully saturated rings. The van der Waals surface area contributed by atoms with Gasteiger partial charge in [-0.1, -0.05) is 22.9 Å². The average Bonchev–Trinajstić information content (AvgIpc) is 3.42. The average molecular weight is 506 g/mol. The van der Waals surface area contributed by atoms with Crippen LogP contribution in [0.1, 0.15) is 11.1 Å². The first kappa shape index (κ1) is 23.4. The zero-order valence-electron chi connectivity index (χ0n) is 20.0. The third-order valence-corrected chi connectivity index (χ3v) is 7.75. The number of oxime groups is 1. The molecule has 4 heterocycles. The number of hydrogen-bond donors (Lipinski definition) is 1. The van der Waals surface area contributed by atoms with E-state index in [2.05, 4.69) is 15.1 Å². The second kappa shape index (κ2) is 8.68. The van der Waals surface area contributed by atoms with Gasteiger partial charge in [0, 0.05) is 42.0 Å². The maximum Gasteiger partial charge on any atom is 0.269 e. The smallest absolute Gasteiger partial charge is 0.269 e. The van der Waals surface area contributed by atoms with Crippen molar-refractivity contribution in [3.05, 3.63) is 66.0 Å². The second-order valence-electron chi connectivity index (χ2n) is 8.22. The molecule has 0 unspecified atom stereocenters. The Kier molecular flexibility index (Phi) is 5.64. The molecule has 1 N–H and O–H groups in total. The van der Waals surface area contributed by atoms with E-state index >= 15 is 0 Å². The molecule has 5 rings (SSSR count). The van der Waals surface area contributed by atoms with Crippen molar-refractivity contribution in [1.82, 2.24) is 18.5 Å². The maximum atomic E-state index is 14.0. The monoisotopic (exact) mass is 505 g/mol. The zero-order chi connectivity index (χ0) is 25.6. The van der Waals surface area contributed by atoms with Crippen molar-refractivity contribution < 1.29 is 23.1 Å². The summed E-state index contributed by atoms with van der Waals surface area (Å²) in [7, 11) is 0.767. The summed E-state index contributed by atoms with van der Waals surface area (Å²) in [6.07, 6.45) is 4.51. The first-order valence-electron chi connectivity index (χ1n) is 10.9. The third kappa shape index (κ3) is 3.55. The highest BCUT2D eigenvalue weighted by molar-refractivity contribution is 7.90. The Morgan fingerprint density at radius 3 is 2.50 bits per heavy atom. The first-order chi connectivity index (χ1) is 17.3. The van der Waals surface area contributed by atoms with Crippen LogP contribution in [-0.4, -0.2) is 52.6 Å². The molecule has 0 spiro atoms. The number of aryl methyl sites for hydroxylation is 2. The lowest BCUT2D eigenvalue weighted by atomic mass is 10.1. The van der Waals surface area contributed by atoms with Crippen LogP contribution in [0.5, 0.6) is 11.6 Å². The van der Waals surface area contributed by atoms with Gasteiger partial charge in [-0.2, -0.15) is 0 Å². The fourth-order valence-corrected chi connectivity index (χ4v) is 5.73. The number of fused-ring (bicyclic) bond motifs is 2. The molecule has 0 aliphatic carbocycles. The third-order valence-electron chi connectivity index (χ3n) is 6.03. The SMILES string of the molecule is COc1cc2c(nc1OC)c(-c1cc3c(/C=N/O)ccnc3n1S(=O)(=O)c1ccc(C)cc1)cn2C. The molecule has 0 amide bonds. The normalized spacial score (nSPS) is 12.1. The topological polar surface area (TPSA) is 121 Å². The van der Waals surface area contributed by atoms with Crippen molar-refractivity contribution in [3.8, 4) is 22.9 Å². The Labute approximate surface area is 207 Å². The Hall–Kier alpha value is -4.38. The van der Waals surface area contributed by atoms with Crippen LogP contribution in [0, 0.1) is 6.92 Å². The fraction of sp³-hybridized carbons (Fsp3) is 0.160. The van der Waals surface area contributed by atoms with Crippen LogP contribution in [0.3, 0.4) is 0 Å². The lowest BCUT2D eigenvalue weighted by Crippen LogP contribution is -2.15. The molecule has 0 radical (unpaired) electrons. The Bertz CT molecular complexity index is 1750. The van der Waals surface area contributed by atoms with Gasteiger partial charge < -0.3 is 19.2 Å². The lowest BCUT2D eigenvalue weighted by Gasteiger charge is -2.12. The predicted molar refractivity (Wildman–Crippen MR) is 136 cm³/mol. The molecule has 0 bridgehead atoms. The fourth-order valence-electron chi connectivity index (χ4n) is 4.26. The maximum absolute atomic E-state index is 14.0. The first-order valence-corrected chi connectivity index (χ1v) is 12.3. The summed E-state index contributed by atoms with van der Waals surface area (Å²) in [5, 5.41) is 12.8. The molecule has 10 nitrogen and oxygen atoms in total. The molecule has 5 aromatic rings. The molecule has 36 heavy (non-hydrogen) atoms.